The van der Waals surface area contributed by atoms with Crippen LogP contribution in [0.15, 0.2) is 72.0 Å². The zero-order valence-electron chi connectivity index (χ0n) is 29.0. The lowest BCUT2D eigenvalue weighted by molar-refractivity contribution is -0.274. The molecule has 1 atom stereocenters. The number of carbonyl (C=O) groups is 2. The van der Waals surface area contributed by atoms with Gasteiger partial charge in [-0.2, -0.15) is 13.2 Å². The molecule has 288 valence electrons. The van der Waals surface area contributed by atoms with Crippen molar-refractivity contribution >= 4 is 40.8 Å². The summed E-state index contributed by atoms with van der Waals surface area (Å²) in [6, 6.07) is 14.3. The van der Waals surface area contributed by atoms with Crippen LogP contribution in [0.1, 0.15) is 30.9 Å². The Morgan fingerprint density at radius 1 is 1.06 bits per heavy atom. The molecule has 19 heteroatoms. The van der Waals surface area contributed by atoms with Crippen LogP contribution in [0.2, 0.25) is 0 Å². The zero-order chi connectivity index (χ0) is 39.0. The quantitative estimate of drug-likeness (QED) is 0.0767. The Labute approximate surface area is 309 Å². The number of hydrogen-bond donors (Lipinski definition) is 1. The van der Waals surface area contributed by atoms with Crippen molar-refractivity contribution in [2.45, 2.75) is 51.2 Å². The number of aromatic nitrogens is 3. The number of aliphatic imine (C=N–C) groups is 1. The largest absolute Gasteiger partial charge is 0.573 e. The summed E-state index contributed by atoms with van der Waals surface area (Å²) in [4.78, 5) is 36.0. The van der Waals surface area contributed by atoms with Crippen LogP contribution >= 0.6 is 11.8 Å². The van der Waals surface area contributed by atoms with Crippen molar-refractivity contribution in [3.8, 4) is 28.6 Å². The van der Waals surface area contributed by atoms with Gasteiger partial charge in [-0.1, -0.05) is 12.1 Å². The van der Waals surface area contributed by atoms with Crippen LogP contribution in [0.5, 0.6) is 11.5 Å². The van der Waals surface area contributed by atoms with Crippen LogP contribution in [0.4, 0.5) is 42.5 Å². The van der Waals surface area contributed by atoms with Gasteiger partial charge < -0.3 is 24.3 Å². The first-order valence-electron chi connectivity index (χ1n) is 16.2. The molecule has 4 aromatic rings. The number of ether oxygens (including phenoxy) is 4. The van der Waals surface area contributed by atoms with Gasteiger partial charge in [0.05, 0.1) is 34.8 Å². The van der Waals surface area contributed by atoms with Crippen molar-refractivity contribution in [3.05, 3.63) is 78.1 Å². The first-order chi connectivity index (χ1) is 25.6. The number of anilines is 2. The lowest BCUT2D eigenvalue weighted by atomic mass is 10.1. The summed E-state index contributed by atoms with van der Waals surface area (Å²) in [7, 11) is 1.42. The third-order valence-corrected chi connectivity index (χ3v) is 8.91. The number of amides is 3. The van der Waals surface area contributed by atoms with E-state index in [9.17, 15) is 35.9 Å². The molecule has 5 rings (SSSR count). The van der Waals surface area contributed by atoms with Gasteiger partial charge in [-0.25, -0.2) is 19.5 Å². The van der Waals surface area contributed by atoms with Crippen molar-refractivity contribution in [2.75, 3.05) is 36.5 Å². The van der Waals surface area contributed by atoms with Crippen LogP contribution in [0.25, 0.3) is 17.1 Å². The normalized spacial score (nSPS) is 15.1. The zero-order valence-corrected chi connectivity index (χ0v) is 29.8. The summed E-state index contributed by atoms with van der Waals surface area (Å²) in [6.45, 7) is 1.59. The highest BCUT2D eigenvalue weighted by molar-refractivity contribution is 8.01. The lowest BCUT2D eigenvalue weighted by Gasteiger charge is -2.27. The van der Waals surface area contributed by atoms with Gasteiger partial charge in [0.2, 0.25) is 5.91 Å². The summed E-state index contributed by atoms with van der Waals surface area (Å²) in [5, 5.41) is 6.73. The summed E-state index contributed by atoms with van der Waals surface area (Å²) < 4.78 is 96.5. The van der Waals surface area contributed by atoms with E-state index >= 15 is 0 Å². The van der Waals surface area contributed by atoms with Crippen LogP contribution in [0.3, 0.4) is 0 Å². The summed E-state index contributed by atoms with van der Waals surface area (Å²) in [5.74, 6) is 0.0736. The van der Waals surface area contributed by atoms with Gasteiger partial charge in [0.25, 0.3) is 0 Å². The first kappa shape index (κ1) is 40.1. The molecule has 0 saturated carbocycles. The molecule has 1 saturated heterocycles. The molecule has 12 nitrogen and oxygen atoms in total. The van der Waals surface area contributed by atoms with E-state index in [1.807, 2.05) is 6.92 Å². The second-order valence-corrected chi connectivity index (χ2v) is 13.1. The van der Waals surface area contributed by atoms with Gasteiger partial charge >= 0.3 is 18.6 Å². The molecule has 1 aliphatic rings. The number of halogens is 6. The molecule has 1 N–H and O–H groups in total. The number of methoxy groups -OCH3 is 1. The van der Waals surface area contributed by atoms with Gasteiger partial charge in [-0.15, -0.1) is 30.0 Å². The van der Waals surface area contributed by atoms with E-state index < -0.39 is 25.2 Å². The fourth-order valence-electron chi connectivity index (χ4n) is 5.30. The Hall–Kier alpha value is -5.14. The standard InChI is InChI=1S/C35H34F6N6O6S/c1-21-4-6-24(16-51-18-34(36,37)38)28(14-21)47-30(48)17-54-31(47)13-5-22(2)43-33(49)44-27-12-7-23(15-29(27)52-20-50-3)32-42-19-46(45-32)25-8-10-26(11-9-25)53-35(39,40)41/h4,6-12,14-15,19,31H,5,13,16-18,20H2,1-3H3,(H,44,49)/b43-22-. The van der Waals surface area contributed by atoms with Crippen LogP contribution in [-0.4, -0.2) is 76.6 Å². The van der Waals surface area contributed by atoms with E-state index in [0.29, 0.717) is 41.1 Å². The van der Waals surface area contributed by atoms with Gasteiger partial charge in [-0.3, -0.25) is 9.69 Å². The number of benzene rings is 3. The second-order valence-electron chi connectivity index (χ2n) is 11.9. The molecule has 3 amide bonds. The highest BCUT2D eigenvalue weighted by atomic mass is 32.2. The SMILES string of the molecule is COCOc1cc(-c2ncn(-c3ccc(OC(F)(F)F)cc3)n2)ccc1NC(=O)/N=C(/C)CCC1SCC(=O)N1c1cc(C)ccc1COCC(F)(F)F. The van der Waals surface area contributed by atoms with E-state index in [2.05, 4.69) is 25.1 Å². The Morgan fingerprint density at radius 2 is 1.81 bits per heavy atom. The van der Waals surface area contributed by atoms with Crippen molar-refractivity contribution in [1.82, 2.24) is 14.8 Å². The molecule has 3 aromatic carbocycles. The first-order valence-corrected chi connectivity index (χ1v) is 17.2. The monoisotopic (exact) mass is 780 g/mol. The van der Waals surface area contributed by atoms with Crippen LogP contribution in [0, 0.1) is 6.92 Å². The highest BCUT2D eigenvalue weighted by Gasteiger charge is 2.35. The van der Waals surface area contributed by atoms with Crippen LogP contribution < -0.4 is 19.7 Å². The predicted molar refractivity (Wildman–Crippen MR) is 188 cm³/mol. The average molecular weight is 781 g/mol. The molecular formula is C35H34F6N6O6S. The molecule has 54 heavy (non-hydrogen) atoms. The maximum Gasteiger partial charge on any atom is 0.573 e. The topological polar surface area (TPSA) is 129 Å². The predicted octanol–water partition coefficient (Wildman–Crippen LogP) is 8.08. The molecule has 0 radical (unpaired) electrons. The Balaban J connectivity index is 1.24. The Kier molecular flexibility index (Phi) is 12.9. The smallest absolute Gasteiger partial charge is 0.465 e. The number of rotatable bonds is 14. The van der Waals surface area contributed by atoms with E-state index in [1.54, 1.807) is 48.2 Å². The number of nitrogens with zero attached hydrogens (tertiary/aromatic N) is 5. The highest BCUT2D eigenvalue weighted by Crippen LogP contribution is 2.37. The lowest BCUT2D eigenvalue weighted by Crippen LogP contribution is -2.34. The maximum absolute atomic E-state index is 13.0. The minimum absolute atomic E-state index is 0.159. The molecule has 1 fully saturated rings. The van der Waals surface area contributed by atoms with E-state index in [-0.39, 0.29) is 53.4 Å². The summed E-state index contributed by atoms with van der Waals surface area (Å²) >= 11 is 1.39. The van der Waals surface area contributed by atoms with Crippen molar-refractivity contribution in [1.29, 1.82) is 0 Å². The summed E-state index contributed by atoms with van der Waals surface area (Å²) in [5.41, 5.74) is 3.40. The number of hydrogen-bond acceptors (Lipinski definition) is 9. The molecule has 1 aliphatic heterocycles. The Morgan fingerprint density at radius 3 is 2.52 bits per heavy atom. The molecule has 1 unspecified atom stereocenters. The van der Waals surface area contributed by atoms with E-state index in [0.717, 1.165) is 17.7 Å². The van der Waals surface area contributed by atoms with Crippen molar-refractivity contribution in [3.63, 3.8) is 0 Å². The number of nitrogens with one attached hydrogen (secondary N) is 1. The van der Waals surface area contributed by atoms with Gasteiger partial charge in [0, 0.05) is 23.9 Å². The number of urea groups is 1. The van der Waals surface area contributed by atoms with Crippen molar-refractivity contribution < 1.29 is 54.9 Å². The average Bonchev–Trinajstić information content (AvgIpc) is 3.73. The third-order valence-electron chi connectivity index (χ3n) is 7.67. The number of alkyl halides is 6. The fourth-order valence-corrected chi connectivity index (χ4v) is 6.44. The molecular weight excluding hydrogens is 746 g/mol. The maximum atomic E-state index is 13.0. The van der Waals surface area contributed by atoms with E-state index in [1.165, 1.54) is 42.0 Å². The third kappa shape index (κ3) is 11.2. The summed E-state index contributed by atoms with van der Waals surface area (Å²) in [6.07, 6.45) is -7.18. The van der Waals surface area contributed by atoms with Crippen LogP contribution in [-0.2, 0) is 20.9 Å². The second kappa shape index (κ2) is 17.3. The molecule has 0 bridgehead atoms. The Bertz CT molecular complexity index is 1970. The number of carbonyl (C=O) groups excluding carboxylic acids is 2. The van der Waals surface area contributed by atoms with Gasteiger partial charge in [0.1, 0.15) is 24.4 Å². The molecule has 2 heterocycles. The number of thioether (sulfide) groups is 1. The minimum atomic E-state index is -4.82. The van der Waals surface area contributed by atoms with E-state index in [4.69, 9.17) is 14.2 Å². The molecule has 0 aliphatic carbocycles. The minimum Gasteiger partial charge on any atom is -0.465 e. The number of aryl methyl sites for hydroxylation is 1. The van der Waals surface area contributed by atoms with Gasteiger partial charge in [-0.05, 0) is 80.8 Å². The molecule has 1 aromatic heterocycles. The fraction of sp³-hybridized carbons (Fsp3) is 0.343. The van der Waals surface area contributed by atoms with Gasteiger partial charge in [0.15, 0.2) is 12.6 Å². The molecule has 0 spiro atoms. The van der Waals surface area contributed by atoms with Crippen molar-refractivity contribution in [2.24, 2.45) is 4.99 Å².